The molecule has 26 heavy (non-hydrogen) atoms. The molecule has 1 heterocycles. The molecule has 0 saturated heterocycles. The average Bonchev–Trinajstić information content (AvgIpc) is 2.64. The molecule has 1 aromatic heterocycles. The molecular weight excluding hydrogens is 354 g/mol. The Morgan fingerprint density at radius 1 is 1.08 bits per heavy atom. The molecule has 132 valence electrons. The summed E-state index contributed by atoms with van der Waals surface area (Å²) in [7, 11) is 0. The molecule has 0 fully saturated rings. The van der Waals surface area contributed by atoms with Crippen LogP contribution in [0.2, 0.25) is 5.02 Å². The fraction of sp³-hybridized carbons (Fsp3) is 0.111. The maximum absolute atomic E-state index is 11.2. The van der Waals surface area contributed by atoms with Gasteiger partial charge in [-0.25, -0.2) is 4.98 Å². The van der Waals surface area contributed by atoms with Gasteiger partial charge < -0.3 is 10.6 Å². The Balaban J connectivity index is 1.73. The van der Waals surface area contributed by atoms with Crippen molar-refractivity contribution in [3.8, 4) is 0 Å². The van der Waals surface area contributed by atoms with Crippen LogP contribution in [0.25, 0.3) is 0 Å². The molecule has 0 unspecified atom stereocenters. The Morgan fingerprint density at radius 3 is 2.50 bits per heavy atom. The fourth-order valence-corrected chi connectivity index (χ4v) is 2.46. The molecule has 0 saturated carbocycles. The predicted octanol–water partition coefficient (Wildman–Crippen LogP) is 4.44. The Hall–Kier alpha value is -3.19. The number of nitrogens with one attached hydrogen (secondary N) is 2. The van der Waals surface area contributed by atoms with Crippen LogP contribution in [0.1, 0.15) is 5.56 Å². The summed E-state index contributed by atoms with van der Waals surface area (Å²) in [5.41, 5.74) is 1.70. The number of aromatic nitrogens is 2. The van der Waals surface area contributed by atoms with E-state index in [1.165, 1.54) is 6.20 Å². The molecular formula is C18H16ClN5O2. The minimum absolute atomic E-state index is 0.167. The number of hydrogen-bond donors (Lipinski definition) is 2. The van der Waals surface area contributed by atoms with Gasteiger partial charge in [-0.15, -0.1) is 0 Å². The first-order valence-corrected chi connectivity index (χ1v) is 8.31. The Kier molecular flexibility index (Phi) is 5.60. The summed E-state index contributed by atoms with van der Waals surface area (Å²) in [6, 6.07) is 16.9. The van der Waals surface area contributed by atoms with Crippen LogP contribution in [-0.4, -0.2) is 21.4 Å². The largest absolute Gasteiger partial charge is 0.364 e. The summed E-state index contributed by atoms with van der Waals surface area (Å²) < 4.78 is 0. The molecule has 0 amide bonds. The summed E-state index contributed by atoms with van der Waals surface area (Å²) >= 11 is 5.86. The molecule has 0 aliphatic rings. The van der Waals surface area contributed by atoms with Crippen molar-refractivity contribution >= 4 is 34.7 Å². The van der Waals surface area contributed by atoms with Crippen LogP contribution in [0.5, 0.6) is 0 Å². The van der Waals surface area contributed by atoms with Crippen LogP contribution in [0, 0.1) is 10.1 Å². The van der Waals surface area contributed by atoms with Gasteiger partial charge in [-0.3, -0.25) is 10.1 Å². The molecule has 3 rings (SSSR count). The maximum Gasteiger partial charge on any atom is 0.329 e. The number of rotatable bonds is 7. The standard InChI is InChI=1S/C18H16ClN5O2/c19-14-6-8-15(9-7-14)22-18-21-12-16(24(25)26)17(23-18)20-11-10-13-4-2-1-3-5-13/h1-9,12H,10-11H2,(H2,20,21,22,23). The van der Waals surface area contributed by atoms with E-state index in [9.17, 15) is 10.1 Å². The summed E-state index contributed by atoms with van der Waals surface area (Å²) in [6.45, 7) is 0.516. The van der Waals surface area contributed by atoms with Crippen LogP contribution in [0.15, 0.2) is 60.8 Å². The molecule has 2 N–H and O–H groups in total. The molecule has 0 radical (unpaired) electrons. The zero-order valence-electron chi connectivity index (χ0n) is 13.7. The summed E-state index contributed by atoms with van der Waals surface area (Å²) in [5.74, 6) is 0.442. The molecule has 0 atom stereocenters. The van der Waals surface area contributed by atoms with Crippen LogP contribution < -0.4 is 10.6 Å². The molecule has 8 heteroatoms. The number of hydrogen-bond acceptors (Lipinski definition) is 6. The molecule has 0 spiro atoms. The SMILES string of the molecule is O=[N+]([O-])c1cnc(Nc2ccc(Cl)cc2)nc1NCCc1ccccc1. The number of nitro groups is 1. The van der Waals surface area contributed by atoms with Gasteiger partial charge in [0.2, 0.25) is 11.8 Å². The Morgan fingerprint density at radius 2 is 1.81 bits per heavy atom. The van der Waals surface area contributed by atoms with Gasteiger partial charge in [-0.05, 0) is 36.2 Å². The van der Waals surface area contributed by atoms with Crippen molar-refractivity contribution in [3.63, 3.8) is 0 Å². The molecule has 0 aliphatic carbocycles. The molecule has 0 aliphatic heterocycles. The minimum atomic E-state index is -0.503. The highest BCUT2D eigenvalue weighted by molar-refractivity contribution is 6.30. The second kappa shape index (κ2) is 8.26. The van der Waals surface area contributed by atoms with Crippen molar-refractivity contribution in [1.82, 2.24) is 9.97 Å². The topological polar surface area (TPSA) is 93.0 Å². The molecule has 2 aromatic carbocycles. The van der Waals surface area contributed by atoms with Crippen molar-refractivity contribution in [2.24, 2.45) is 0 Å². The quantitative estimate of drug-likeness (QED) is 0.472. The summed E-state index contributed by atoms with van der Waals surface area (Å²) in [5, 5.41) is 17.9. The van der Waals surface area contributed by atoms with Gasteiger partial charge in [0.15, 0.2) is 0 Å². The van der Waals surface area contributed by atoms with E-state index in [1.807, 2.05) is 30.3 Å². The van der Waals surface area contributed by atoms with Gasteiger partial charge in [0, 0.05) is 17.3 Å². The van der Waals surface area contributed by atoms with Crippen molar-refractivity contribution in [1.29, 1.82) is 0 Å². The zero-order valence-corrected chi connectivity index (χ0v) is 14.5. The van der Waals surface area contributed by atoms with Crippen molar-refractivity contribution in [3.05, 3.63) is 81.5 Å². The second-order valence-electron chi connectivity index (χ2n) is 5.48. The first-order chi connectivity index (χ1) is 12.6. The third-order valence-electron chi connectivity index (χ3n) is 3.62. The first kappa shape index (κ1) is 17.6. The highest BCUT2D eigenvalue weighted by atomic mass is 35.5. The van der Waals surface area contributed by atoms with E-state index in [4.69, 9.17) is 11.6 Å². The van der Waals surface area contributed by atoms with Crippen LogP contribution in [-0.2, 0) is 6.42 Å². The van der Waals surface area contributed by atoms with E-state index >= 15 is 0 Å². The van der Waals surface area contributed by atoms with Crippen molar-refractivity contribution < 1.29 is 4.92 Å². The van der Waals surface area contributed by atoms with E-state index in [1.54, 1.807) is 24.3 Å². The third-order valence-corrected chi connectivity index (χ3v) is 3.87. The van der Waals surface area contributed by atoms with E-state index in [2.05, 4.69) is 20.6 Å². The smallest absolute Gasteiger partial charge is 0.329 e. The monoisotopic (exact) mass is 369 g/mol. The van der Waals surface area contributed by atoms with Crippen LogP contribution in [0.4, 0.5) is 23.1 Å². The molecule has 3 aromatic rings. The number of halogens is 1. The van der Waals surface area contributed by atoms with E-state index < -0.39 is 4.92 Å². The van der Waals surface area contributed by atoms with E-state index in [0.717, 1.165) is 17.7 Å². The second-order valence-corrected chi connectivity index (χ2v) is 5.92. The van der Waals surface area contributed by atoms with Gasteiger partial charge >= 0.3 is 5.69 Å². The lowest BCUT2D eigenvalue weighted by molar-refractivity contribution is -0.384. The van der Waals surface area contributed by atoms with Crippen LogP contribution >= 0.6 is 11.6 Å². The molecule has 7 nitrogen and oxygen atoms in total. The van der Waals surface area contributed by atoms with E-state index in [-0.39, 0.29) is 17.5 Å². The van der Waals surface area contributed by atoms with Gasteiger partial charge in [0.1, 0.15) is 6.20 Å². The number of benzene rings is 2. The zero-order chi connectivity index (χ0) is 18.4. The average molecular weight is 370 g/mol. The lowest BCUT2D eigenvalue weighted by Gasteiger charge is -2.09. The highest BCUT2D eigenvalue weighted by Crippen LogP contribution is 2.24. The van der Waals surface area contributed by atoms with Gasteiger partial charge in [-0.2, -0.15) is 4.98 Å². The third kappa shape index (κ3) is 4.67. The van der Waals surface area contributed by atoms with Gasteiger partial charge in [0.05, 0.1) is 4.92 Å². The Labute approximate surface area is 155 Å². The fourth-order valence-electron chi connectivity index (χ4n) is 2.33. The maximum atomic E-state index is 11.2. The lowest BCUT2D eigenvalue weighted by Crippen LogP contribution is -2.10. The lowest BCUT2D eigenvalue weighted by atomic mass is 10.1. The van der Waals surface area contributed by atoms with Gasteiger partial charge in [-0.1, -0.05) is 41.9 Å². The molecule has 0 bridgehead atoms. The van der Waals surface area contributed by atoms with E-state index in [0.29, 0.717) is 11.6 Å². The number of anilines is 3. The predicted molar refractivity (Wildman–Crippen MR) is 102 cm³/mol. The van der Waals surface area contributed by atoms with Crippen molar-refractivity contribution in [2.45, 2.75) is 6.42 Å². The number of nitrogens with zero attached hydrogens (tertiary/aromatic N) is 3. The normalized spacial score (nSPS) is 10.3. The van der Waals surface area contributed by atoms with Crippen molar-refractivity contribution in [2.75, 3.05) is 17.2 Å². The van der Waals surface area contributed by atoms with Gasteiger partial charge in [0.25, 0.3) is 0 Å². The van der Waals surface area contributed by atoms with Crippen LogP contribution in [0.3, 0.4) is 0 Å². The highest BCUT2D eigenvalue weighted by Gasteiger charge is 2.17. The summed E-state index contributed by atoms with van der Waals surface area (Å²) in [6.07, 6.45) is 1.91. The minimum Gasteiger partial charge on any atom is -0.364 e. The Bertz CT molecular complexity index is 888. The summed E-state index contributed by atoms with van der Waals surface area (Å²) in [4.78, 5) is 19.0. The first-order valence-electron chi connectivity index (χ1n) is 7.93.